The molecule has 1 spiro atoms. The molecule has 0 N–H and O–H groups in total. The lowest BCUT2D eigenvalue weighted by atomic mass is 10.1. The number of fused-ring (bicyclic) bond motifs is 2. The Kier molecular flexibility index (Phi) is 3.48. The zero-order chi connectivity index (χ0) is 16.7. The molecule has 5 heteroatoms. The standard InChI is InChI=1S/C19H17NO4/c1-13-6-8-14(9-7-13)17(21)12-20-16-5-3-2-4-15(16)19(18(20)22)23-10-11-24-19/h2-9H,10-12H2,1H3. The van der Waals surface area contributed by atoms with E-state index in [0.717, 1.165) is 5.56 Å². The van der Waals surface area contributed by atoms with Gasteiger partial charge in [-0.05, 0) is 13.0 Å². The predicted molar refractivity (Wildman–Crippen MR) is 87.9 cm³/mol. The van der Waals surface area contributed by atoms with Crippen LogP contribution >= 0.6 is 0 Å². The maximum absolute atomic E-state index is 12.9. The summed E-state index contributed by atoms with van der Waals surface area (Å²) in [6, 6.07) is 14.6. The molecular formula is C19H17NO4. The molecule has 122 valence electrons. The molecule has 2 aromatic rings. The molecule has 1 saturated heterocycles. The Morgan fingerprint density at radius 3 is 2.46 bits per heavy atom. The van der Waals surface area contributed by atoms with Crippen LogP contribution in [-0.4, -0.2) is 31.4 Å². The highest BCUT2D eigenvalue weighted by Gasteiger charge is 2.56. The molecule has 2 aromatic carbocycles. The molecule has 4 rings (SSSR count). The van der Waals surface area contributed by atoms with E-state index in [1.54, 1.807) is 12.1 Å². The van der Waals surface area contributed by atoms with Crippen LogP contribution in [0.1, 0.15) is 21.5 Å². The number of Topliss-reactive ketones (excluding diaryl/α,β-unsaturated/α-hetero) is 1. The number of aryl methyl sites for hydroxylation is 1. The van der Waals surface area contributed by atoms with E-state index in [0.29, 0.717) is 30.0 Å². The number of hydrogen-bond acceptors (Lipinski definition) is 4. The summed E-state index contributed by atoms with van der Waals surface area (Å²) in [5, 5.41) is 0. The number of ether oxygens (including phenoxy) is 2. The number of anilines is 1. The van der Waals surface area contributed by atoms with Crippen LogP contribution in [0.15, 0.2) is 48.5 Å². The van der Waals surface area contributed by atoms with E-state index >= 15 is 0 Å². The van der Waals surface area contributed by atoms with Crippen molar-refractivity contribution in [3.05, 3.63) is 65.2 Å². The molecule has 0 unspecified atom stereocenters. The number of carbonyl (C=O) groups is 2. The Balaban J connectivity index is 1.67. The van der Waals surface area contributed by atoms with E-state index in [1.165, 1.54) is 4.90 Å². The van der Waals surface area contributed by atoms with Crippen LogP contribution in [0.5, 0.6) is 0 Å². The number of amides is 1. The number of para-hydroxylation sites is 1. The van der Waals surface area contributed by atoms with Gasteiger partial charge in [0, 0.05) is 11.1 Å². The summed E-state index contributed by atoms with van der Waals surface area (Å²) in [6.45, 7) is 2.65. The molecular weight excluding hydrogens is 306 g/mol. The first kappa shape index (κ1) is 15.1. The smallest absolute Gasteiger partial charge is 0.292 e. The maximum Gasteiger partial charge on any atom is 0.292 e. The lowest BCUT2D eigenvalue weighted by Gasteiger charge is -2.21. The summed E-state index contributed by atoms with van der Waals surface area (Å²) >= 11 is 0. The topological polar surface area (TPSA) is 55.8 Å². The normalized spacial score (nSPS) is 18.2. The molecule has 0 atom stereocenters. The Morgan fingerprint density at radius 2 is 1.75 bits per heavy atom. The summed E-state index contributed by atoms with van der Waals surface area (Å²) in [4.78, 5) is 27.0. The Hall–Kier alpha value is -2.50. The van der Waals surface area contributed by atoms with E-state index in [4.69, 9.17) is 9.47 Å². The first-order valence-electron chi connectivity index (χ1n) is 7.91. The second-order valence-electron chi connectivity index (χ2n) is 6.01. The minimum Gasteiger partial charge on any atom is -0.336 e. The summed E-state index contributed by atoms with van der Waals surface area (Å²) in [5.74, 6) is -1.83. The molecule has 0 radical (unpaired) electrons. The van der Waals surface area contributed by atoms with Gasteiger partial charge in [0.1, 0.15) is 0 Å². The number of carbonyl (C=O) groups excluding carboxylic acids is 2. The highest BCUT2D eigenvalue weighted by atomic mass is 16.7. The van der Waals surface area contributed by atoms with Gasteiger partial charge in [-0.15, -0.1) is 0 Å². The average Bonchev–Trinajstić information content (AvgIpc) is 3.17. The molecule has 0 aliphatic carbocycles. The highest BCUT2D eigenvalue weighted by Crippen LogP contribution is 2.45. The van der Waals surface area contributed by atoms with E-state index < -0.39 is 5.79 Å². The first-order valence-corrected chi connectivity index (χ1v) is 7.91. The van der Waals surface area contributed by atoms with E-state index in [-0.39, 0.29) is 18.2 Å². The van der Waals surface area contributed by atoms with Crippen LogP contribution in [0, 0.1) is 6.92 Å². The van der Waals surface area contributed by atoms with Gasteiger partial charge in [-0.1, -0.05) is 48.0 Å². The van der Waals surface area contributed by atoms with E-state index in [1.807, 2.05) is 43.3 Å². The van der Waals surface area contributed by atoms with Crippen molar-refractivity contribution in [2.24, 2.45) is 0 Å². The van der Waals surface area contributed by atoms with E-state index in [2.05, 4.69) is 0 Å². The first-order chi connectivity index (χ1) is 11.6. The lowest BCUT2D eigenvalue weighted by Crippen LogP contribution is -2.43. The van der Waals surface area contributed by atoms with Gasteiger partial charge >= 0.3 is 0 Å². The third-order valence-corrected chi connectivity index (χ3v) is 4.45. The van der Waals surface area contributed by atoms with Crippen molar-refractivity contribution in [2.75, 3.05) is 24.7 Å². The minimum atomic E-state index is -1.38. The summed E-state index contributed by atoms with van der Waals surface area (Å²) in [6.07, 6.45) is 0. The molecule has 2 aliphatic rings. The van der Waals surface area contributed by atoms with Crippen LogP contribution < -0.4 is 4.90 Å². The quantitative estimate of drug-likeness (QED) is 0.814. The highest BCUT2D eigenvalue weighted by molar-refractivity contribution is 6.11. The molecule has 2 heterocycles. The van der Waals surface area contributed by atoms with E-state index in [9.17, 15) is 9.59 Å². The van der Waals surface area contributed by atoms with Gasteiger partial charge in [0.25, 0.3) is 11.7 Å². The Morgan fingerprint density at radius 1 is 1.08 bits per heavy atom. The molecule has 0 aromatic heterocycles. The van der Waals surface area contributed by atoms with Crippen molar-refractivity contribution in [2.45, 2.75) is 12.7 Å². The van der Waals surface area contributed by atoms with Crippen molar-refractivity contribution in [1.82, 2.24) is 0 Å². The number of hydrogen-bond donors (Lipinski definition) is 0. The SMILES string of the molecule is Cc1ccc(C(=O)CN2C(=O)C3(OCCO3)c3ccccc32)cc1. The number of benzene rings is 2. The van der Waals surface area contributed by atoms with Crippen LogP contribution in [0.4, 0.5) is 5.69 Å². The van der Waals surface area contributed by atoms with Crippen LogP contribution in [0.2, 0.25) is 0 Å². The maximum atomic E-state index is 12.9. The van der Waals surface area contributed by atoms with Gasteiger partial charge in [0.2, 0.25) is 0 Å². The Labute approximate surface area is 139 Å². The molecule has 1 amide bonds. The van der Waals surface area contributed by atoms with Gasteiger partial charge in [-0.25, -0.2) is 0 Å². The summed E-state index contributed by atoms with van der Waals surface area (Å²) in [7, 11) is 0. The largest absolute Gasteiger partial charge is 0.336 e. The van der Waals surface area contributed by atoms with Crippen LogP contribution in [0.25, 0.3) is 0 Å². The fourth-order valence-electron chi connectivity index (χ4n) is 3.21. The van der Waals surface area contributed by atoms with Crippen molar-refractivity contribution in [3.8, 4) is 0 Å². The van der Waals surface area contributed by atoms with Crippen molar-refractivity contribution >= 4 is 17.4 Å². The lowest BCUT2D eigenvalue weighted by molar-refractivity contribution is -0.180. The predicted octanol–water partition coefficient (Wildman–Crippen LogP) is 2.42. The molecule has 1 fully saturated rings. The zero-order valence-corrected chi connectivity index (χ0v) is 13.3. The van der Waals surface area contributed by atoms with Gasteiger partial charge in [0.15, 0.2) is 5.78 Å². The fourth-order valence-corrected chi connectivity index (χ4v) is 3.21. The molecule has 24 heavy (non-hydrogen) atoms. The summed E-state index contributed by atoms with van der Waals surface area (Å²) in [5.41, 5.74) is 3.01. The average molecular weight is 323 g/mol. The van der Waals surface area contributed by atoms with Crippen LogP contribution in [0.3, 0.4) is 0 Å². The van der Waals surface area contributed by atoms with Gasteiger partial charge in [-0.2, -0.15) is 0 Å². The Bertz CT molecular complexity index is 806. The van der Waals surface area contributed by atoms with Crippen LogP contribution in [-0.2, 0) is 20.1 Å². The van der Waals surface area contributed by atoms with Gasteiger partial charge in [0.05, 0.1) is 25.4 Å². The fraction of sp³-hybridized carbons (Fsp3) is 0.263. The minimum absolute atomic E-state index is 0.0343. The number of nitrogens with zero attached hydrogens (tertiary/aromatic N) is 1. The van der Waals surface area contributed by atoms with Gasteiger partial charge in [-0.3, -0.25) is 14.5 Å². The molecule has 5 nitrogen and oxygen atoms in total. The second kappa shape index (κ2) is 5.54. The van der Waals surface area contributed by atoms with Crippen molar-refractivity contribution in [3.63, 3.8) is 0 Å². The molecule has 0 bridgehead atoms. The van der Waals surface area contributed by atoms with Gasteiger partial charge < -0.3 is 9.47 Å². The molecule has 0 saturated carbocycles. The summed E-state index contributed by atoms with van der Waals surface area (Å²) < 4.78 is 11.3. The van der Waals surface area contributed by atoms with Crippen molar-refractivity contribution in [1.29, 1.82) is 0 Å². The third-order valence-electron chi connectivity index (χ3n) is 4.45. The monoisotopic (exact) mass is 323 g/mol. The number of ketones is 1. The third kappa shape index (κ3) is 2.17. The second-order valence-corrected chi connectivity index (χ2v) is 6.01. The zero-order valence-electron chi connectivity index (χ0n) is 13.3. The van der Waals surface area contributed by atoms with Crippen molar-refractivity contribution < 1.29 is 19.1 Å². The molecule has 2 aliphatic heterocycles. The number of rotatable bonds is 3.